The van der Waals surface area contributed by atoms with Crippen molar-refractivity contribution in [3.8, 4) is 11.5 Å². The van der Waals surface area contributed by atoms with Gasteiger partial charge in [0, 0.05) is 18.4 Å². The van der Waals surface area contributed by atoms with Crippen LogP contribution in [0.15, 0.2) is 91.1 Å². The Bertz CT molecular complexity index is 1050. The number of anilines is 3. The predicted molar refractivity (Wildman–Crippen MR) is 112 cm³/mol. The molecule has 4 aromatic rings. The Kier molecular flexibility index (Phi) is 5.62. The molecule has 5 nitrogen and oxygen atoms in total. The van der Waals surface area contributed by atoms with Crippen molar-refractivity contribution >= 4 is 17.5 Å². The molecule has 1 aromatic heterocycles. The Morgan fingerprint density at radius 1 is 0.793 bits per heavy atom. The number of rotatable bonds is 7. The second-order valence-corrected chi connectivity index (χ2v) is 6.31. The number of benzene rings is 3. The van der Waals surface area contributed by atoms with E-state index in [2.05, 4.69) is 20.6 Å². The van der Waals surface area contributed by atoms with Gasteiger partial charge in [-0.2, -0.15) is 4.98 Å². The lowest BCUT2D eigenvalue weighted by atomic mass is 10.2. The van der Waals surface area contributed by atoms with E-state index in [-0.39, 0.29) is 5.82 Å². The third-order valence-corrected chi connectivity index (χ3v) is 4.13. The quantitative estimate of drug-likeness (QED) is 0.423. The molecule has 3 aromatic carbocycles. The van der Waals surface area contributed by atoms with Gasteiger partial charge >= 0.3 is 0 Å². The second-order valence-electron chi connectivity index (χ2n) is 6.31. The van der Waals surface area contributed by atoms with Crippen LogP contribution in [0.25, 0.3) is 0 Å². The summed E-state index contributed by atoms with van der Waals surface area (Å²) in [4.78, 5) is 8.67. The van der Waals surface area contributed by atoms with E-state index < -0.39 is 0 Å². The van der Waals surface area contributed by atoms with Crippen LogP contribution in [-0.4, -0.2) is 9.97 Å². The molecule has 0 radical (unpaired) electrons. The van der Waals surface area contributed by atoms with Crippen LogP contribution in [-0.2, 0) is 6.54 Å². The van der Waals surface area contributed by atoms with E-state index in [0.717, 1.165) is 22.7 Å². The molecular formula is C23H19FN4O. The van der Waals surface area contributed by atoms with Crippen LogP contribution in [0.4, 0.5) is 21.8 Å². The average molecular weight is 386 g/mol. The van der Waals surface area contributed by atoms with Gasteiger partial charge in [0.15, 0.2) is 0 Å². The highest BCUT2D eigenvalue weighted by Crippen LogP contribution is 2.24. The Morgan fingerprint density at radius 2 is 1.52 bits per heavy atom. The number of halogens is 1. The topological polar surface area (TPSA) is 59.1 Å². The molecule has 144 valence electrons. The van der Waals surface area contributed by atoms with Crippen LogP contribution < -0.4 is 15.4 Å². The molecule has 0 aliphatic heterocycles. The molecule has 0 saturated carbocycles. The summed E-state index contributed by atoms with van der Waals surface area (Å²) in [6.45, 7) is 0.509. The molecule has 29 heavy (non-hydrogen) atoms. The Balaban J connectivity index is 1.36. The van der Waals surface area contributed by atoms with Gasteiger partial charge in [-0.05, 0) is 60.2 Å². The number of hydrogen-bond donors (Lipinski definition) is 2. The van der Waals surface area contributed by atoms with Gasteiger partial charge in [-0.25, -0.2) is 9.37 Å². The van der Waals surface area contributed by atoms with Crippen molar-refractivity contribution < 1.29 is 9.13 Å². The van der Waals surface area contributed by atoms with Crippen molar-refractivity contribution in [2.45, 2.75) is 6.54 Å². The Labute approximate surface area is 168 Å². The van der Waals surface area contributed by atoms with E-state index in [1.54, 1.807) is 24.4 Å². The normalized spacial score (nSPS) is 10.4. The van der Waals surface area contributed by atoms with Crippen molar-refractivity contribution in [2.24, 2.45) is 0 Å². The van der Waals surface area contributed by atoms with Crippen LogP contribution in [0.5, 0.6) is 11.5 Å². The molecule has 0 bridgehead atoms. The third kappa shape index (κ3) is 5.29. The first-order valence-corrected chi connectivity index (χ1v) is 9.16. The lowest BCUT2D eigenvalue weighted by molar-refractivity contribution is 0.483. The fourth-order valence-electron chi connectivity index (χ4n) is 2.68. The van der Waals surface area contributed by atoms with Gasteiger partial charge in [-0.3, -0.25) is 0 Å². The minimum Gasteiger partial charge on any atom is -0.457 e. The number of hydrogen-bond acceptors (Lipinski definition) is 5. The molecule has 0 spiro atoms. The number of ether oxygens (including phenoxy) is 1. The second kappa shape index (κ2) is 8.84. The molecular weight excluding hydrogens is 367 g/mol. The summed E-state index contributed by atoms with van der Waals surface area (Å²) in [5, 5.41) is 6.38. The molecule has 0 fully saturated rings. The van der Waals surface area contributed by atoms with Crippen LogP contribution >= 0.6 is 0 Å². The van der Waals surface area contributed by atoms with E-state index in [0.29, 0.717) is 18.3 Å². The number of nitrogens with one attached hydrogen (secondary N) is 2. The molecule has 2 N–H and O–H groups in total. The lowest BCUT2D eigenvalue weighted by Crippen LogP contribution is -2.05. The van der Waals surface area contributed by atoms with Gasteiger partial charge in [0.2, 0.25) is 5.95 Å². The van der Waals surface area contributed by atoms with E-state index >= 15 is 0 Å². The van der Waals surface area contributed by atoms with Gasteiger partial charge in [-0.1, -0.05) is 30.3 Å². The highest BCUT2D eigenvalue weighted by Gasteiger charge is 2.02. The molecule has 0 aliphatic carbocycles. The first kappa shape index (κ1) is 18.4. The van der Waals surface area contributed by atoms with Crippen LogP contribution in [0.2, 0.25) is 0 Å². The highest BCUT2D eigenvalue weighted by atomic mass is 19.1. The SMILES string of the molecule is Fc1ccc(CNc2nccc(Nc3ccc(Oc4ccccc4)cc3)n2)cc1. The summed E-state index contributed by atoms with van der Waals surface area (Å²) in [5.41, 5.74) is 1.83. The zero-order valence-corrected chi connectivity index (χ0v) is 15.5. The molecule has 0 unspecified atom stereocenters. The van der Waals surface area contributed by atoms with E-state index in [9.17, 15) is 4.39 Å². The van der Waals surface area contributed by atoms with Crippen LogP contribution in [0.1, 0.15) is 5.56 Å². The Hall–Kier alpha value is -3.93. The van der Waals surface area contributed by atoms with E-state index in [4.69, 9.17) is 4.74 Å². The largest absolute Gasteiger partial charge is 0.457 e. The minimum absolute atomic E-state index is 0.253. The molecule has 1 heterocycles. The van der Waals surface area contributed by atoms with Gasteiger partial charge in [0.1, 0.15) is 23.1 Å². The maximum Gasteiger partial charge on any atom is 0.224 e. The van der Waals surface area contributed by atoms with Gasteiger partial charge in [-0.15, -0.1) is 0 Å². The molecule has 0 atom stereocenters. The van der Waals surface area contributed by atoms with Gasteiger partial charge in [0.05, 0.1) is 0 Å². The van der Waals surface area contributed by atoms with Gasteiger partial charge < -0.3 is 15.4 Å². The summed E-state index contributed by atoms with van der Waals surface area (Å²) < 4.78 is 18.8. The smallest absolute Gasteiger partial charge is 0.224 e. The van der Waals surface area contributed by atoms with Crippen molar-refractivity contribution in [1.82, 2.24) is 9.97 Å². The number of para-hydroxylation sites is 1. The number of aromatic nitrogens is 2. The maximum atomic E-state index is 13.0. The summed E-state index contributed by atoms with van der Waals surface area (Å²) in [6.07, 6.45) is 1.68. The summed E-state index contributed by atoms with van der Waals surface area (Å²) in [5.74, 6) is 2.45. The summed E-state index contributed by atoms with van der Waals surface area (Å²) in [6, 6.07) is 25.4. The van der Waals surface area contributed by atoms with E-state index in [1.165, 1.54) is 12.1 Å². The van der Waals surface area contributed by atoms with Crippen molar-refractivity contribution in [2.75, 3.05) is 10.6 Å². The van der Waals surface area contributed by atoms with E-state index in [1.807, 2.05) is 54.6 Å². The molecule has 0 aliphatic rings. The van der Waals surface area contributed by atoms with Crippen LogP contribution in [0.3, 0.4) is 0 Å². The summed E-state index contributed by atoms with van der Waals surface area (Å²) >= 11 is 0. The first-order valence-electron chi connectivity index (χ1n) is 9.16. The molecule has 0 amide bonds. The standard InChI is InChI=1S/C23H19FN4O/c24-18-8-6-17(7-9-18)16-26-23-25-15-14-22(28-23)27-19-10-12-21(13-11-19)29-20-4-2-1-3-5-20/h1-15H,16H2,(H2,25,26,27,28). The fourth-order valence-corrected chi connectivity index (χ4v) is 2.68. The average Bonchev–Trinajstić information content (AvgIpc) is 2.76. The fraction of sp³-hybridized carbons (Fsp3) is 0.0435. The minimum atomic E-state index is -0.253. The van der Waals surface area contributed by atoms with Crippen molar-refractivity contribution in [3.05, 3.63) is 103 Å². The maximum absolute atomic E-state index is 13.0. The summed E-state index contributed by atoms with van der Waals surface area (Å²) in [7, 11) is 0. The lowest BCUT2D eigenvalue weighted by Gasteiger charge is -2.10. The highest BCUT2D eigenvalue weighted by molar-refractivity contribution is 5.58. The first-order chi connectivity index (χ1) is 14.2. The monoisotopic (exact) mass is 386 g/mol. The van der Waals surface area contributed by atoms with Crippen molar-refractivity contribution in [3.63, 3.8) is 0 Å². The van der Waals surface area contributed by atoms with Crippen LogP contribution in [0, 0.1) is 5.82 Å². The predicted octanol–water partition coefficient (Wildman–Crippen LogP) is 5.76. The molecule has 6 heteroatoms. The van der Waals surface area contributed by atoms with Crippen molar-refractivity contribution in [1.29, 1.82) is 0 Å². The zero-order chi connectivity index (χ0) is 19.9. The molecule has 4 rings (SSSR count). The Morgan fingerprint density at radius 3 is 2.28 bits per heavy atom. The van der Waals surface area contributed by atoms with Gasteiger partial charge in [0.25, 0.3) is 0 Å². The number of nitrogens with zero attached hydrogens (tertiary/aromatic N) is 2. The third-order valence-electron chi connectivity index (χ3n) is 4.13. The zero-order valence-electron chi connectivity index (χ0n) is 15.5. The molecule has 0 saturated heterocycles.